The lowest BCUT2D eigenvalue weighted by atomic mass is 10.2. The first-order chi connectivity index (χ1) is 10.5. The van der Waals surface area contributed by atoms with Gasteiger partial charge in [-0.15, -0.1) is 0 Å². The molecule has 0 aliphatic rings. The molecule has 3 rings (SSSR count). The van der Waals surface area contributed by atoms with Crippen molar-refractivity contribution >= 4 is 0 Å². The summed E-state index contributed by atoms with van der Waals surface area (Å²) in [6.45, 7) is 3.86. The molecule has 3 aromatic rings. The van der Waals surface area contributed by atoms with Crippen molar-refractivity contribution in [1.29, 1.82) is 0 Å². The van der Waals surface area contributed by atoms with E-state index in [0.29, 0.717) is 22.8 Å². The maximum Gasteiger partial charge on any atom is 0.174 e. The minimum atomic E-state index is -0.290. The number of rotatable bonds is 4. The van der Waals surface area contributed by atoms with Gasteiger partial charge in [0.05, 0.1) is 6.20 Å². The zero-order valence-corrected chi connectivity index (χ0v) is 12.6. The van der Waals surface area contributed by atoms with Crippen LogP contribution in [0.4, 0.5) is 4.39 Å². The van der Waals surface area contributed by atoms with E-state index in [1.807, 2.05) is 14.0 Å². The molecule has 0 aliphatic heterocycles. The summed E-state index contributed by atoms with van der Waals surface area (Å²) in [4.78, 5) is 0. The van der Waals surface area contributed by atoms with Gasteiger partial charge in [-0.25, -0.2) is 4.39 Å². The molecule has 0 atom stereocenters. The van der Waals surface area contributed by atoms with Gasteiger partial charge >= 0.3 is 0 Å². The summed E-state index contributed by atoms with van der Waals surface area (Å²) >= 11 is 0. The van der Waals surface area contributed by atoms with Gasteiger partial charge in [0.2, 0.25) is 0 Å². The zero-order valence-electron chi connectivity index (χ0n) is 12.6. The average Bonchev–Trinajstić information content (AvgIpc) is 3.08. The Hall–Kier alpha value is -2.63. The van der Waals surface area contributed by atoms with Gasteiger partial charge in [-0.3, -0.25) is 4.68 Å². The van der Waals surface area contributed by atoms with Crippen LogP contribution in [0.5, 0.6) is 5.75 Å². The second-order valence-electron chi connectivity index (χ2n) is 5.15. The first-order valence-electron chi connectivity index (χ1n) is 6.88. The zero-order chi connectivity index (χ0) is 15.7. The lowest BCUT2D eigenvalue weighted by Crippen LogP contribution is -1.95. The van der Waals surface area contributed by atoms with Crippen molar-refractivity contribution < 1.29 is 13.7 Å². The van der Waals surface area contributed by atoms with Crippen LogP contribution < -0.4 is 4.74 Å². The highest BCUT2D eigenvalue weighted by Crippen LogP contribution is 2.23. The van der Waals surface area contributed by atoms with Gasteiger partial charge in [-0.2, -0.15) is 5.10 Å². The topological polar surface area (TPSA) is 53.1 Å². The Morgan fingerprint density at radius 2 is 2.09 bits per heavy atom. The van der Waals surface area contributed by atoms with Crippen LogP contribution in [-0.4, -0.2) is 14.9 Å². The molecule has 0 N–H and O–H groups in total. The Bertz CT molecular complexity index is 808. The Morgan fingerprint density at radius 3 is 2.77 bits per heavy atom. The third-order valence-corrected chi connectivity index (χ3v) is 3.59. The smallest absolute Gasteiger partial charge is 0.174 e. The van der Waals surface area contributed by atoms with E-state index in [2.05, 4.69) is 10.3 Å². The van der Waals surface area contributed by atoms with E-state index in [0.717, 1.165) is 11.3 Å². The van der Waals surface area contributed by atoms with Crippen molar-refractivity contribution in [2.24, 2.45) is 7.05 Å². The Labute approximate surface area is 127 Å². The molecule has 0 unspecified atom stereocenters. The number of aromatic nitrogens is 3. The minimum absolute atomic E-state index is 0.189. The molecule has 1 aromatic carbocycles. The van der Waals surface area contributed by atoms with E-state index < -0.39 is 0 Å². The third-order valence-electron chi connectivity index (χ3n) is 3.59. The van der Waals surface area contributed by atoms with E-state index in [1.165, 1.54) is 6.07 Å². The van der Waals surface area contributed by atoms with Crippen molar-refractivity contribution in [1.82, 2.24) is 14.9 Å². The number of halogens is 1. The third kappa shape index (κ3) is 2.72. The van der Waals surface area contributed by atoms with Crippen molar-refractivity contribution in [2.75, 3.05) is 0 Å². The molecule has 2 aromatic heterocycles. The van der Waals surface area contributed by atoms with E-state index in [1.54, 1.807) is 36.0 Å². The quantitative estimate of drug-likeness (QED) is 0.741. The standard InChI is InChI=1S/C16H16FN3O2/c1-10-4-5-12(6-15(10)17)21-9-13-7-16(19-22-13)14-8-18-20(3)11(14)2/h4-8H,9H2,1-3H3. The normalized spacial score (nSPS) is 10.9. The second kappa shape index (κ2) is 5.63. The van der Waals surface area contributed by atoms with Crippen LogP contribution in [0.2, 0.25) is 0 Å². The summed E-state index contributed by atoms with van der Waals surface area (Å²) in [6.07, 6.45) is 1.74. The van der Waals surface area contributed by atoms with Gasteiger partial charge < -0.3 is 9.26 Å². The number of nitrogens with zero attached hydrogens (tertiary/aromatic N) is 3. The number of hydrogen-bond acceptors (Lipinski definition) is 4. The summed E-state index contributed by atoms with van der Waals surface area (Å²) in [5.74, 6) is 0.736. The molecule has 22 heavy (non-hydrogen) atoms. The fraction of sp³-hybridized carbons (Fsp3) is 0.250. The molecule has 0 aliphatic carbocycles. The molecule has 0 amide bonds. The molecule has 0 saturated heterocycles. The van der Waals surface area contributed by atoms with E-state index in [4.69, 9.17) is 9.26 Å². The molecule has 0 fully saturated rings. The fourth-order valence-electron chi connectivity index (χ4n) is 2.08. The van der Waals surface area contributed by atoms with Crippen molar-refractivity contribution in [3.05, 3.63) is 53.3 Å². The van der Waals surface area contributed by atoms with Gasteiger partial charge in [-0.1, -0.05) is 11.2 Å². The monoisotopic (exact) mass is 301 g/mol. The van der Waals surface area contributed by atoms with Gasteiger partial charge in [0.1, 0.15) is 23.9 Å². The Kier molecular flexibility index (Phi) is 3.66. The predicted octanol–water partition coefficient (Wildman–Crippen LogP) is 3.41. The highest BCUT2D eigenvalue weighted by Gasteiger charge is 2.12. The highest BCUT2D eigenvalue weighted by atomic mass is 19.1. The molecule has 0 bridgehead atoms. The summed E-state index contributed by atoms with van der Waals surface area (Å²) in [5.41, 5.74) is 3.21. The molecule has 0 radical (unpaired) electrons. The van der Waals surface area contributed by atoms with Crippen molar-refractivity contribution in [3.63, 3.8) is 0 Å². The predicted molar refractivity (Wildman–Crippen MR) is 78.9 cm³/mol. The molecule has 6 heteroatoms. The highest BCUT2D eigenvalue weighted by molar-refractivity contribution is 5.60. The number of ether oxygens (including phenoxy) is 1. The van der Waals surface area contributed by atoms with Crippen LogP contribution in [-0.2, 0) is 13.7 Å². The summed E-state index contributed by atoms with van der Waals surface area (Å²) in [7, 11) is 1.87. The van der Waals surface area contributed by atoms with E-state index in [-0.39, 0.29) is 12.4 Å². The van der Waals surface area contributed by atoms with Gasteiger partial charge in [0, 0.05) is 30.4 Å². The Balaban J connectivity index is 1.72. The van der Waals surface area contributed by atoms with Crippen LogP contribution in [0, 0.1) is 19.7 Å². The summed E-state index contributed by atoms with van der Waals surface area (Å²) in [5, 5.41) is 8.20. The van der Waals surface area contributed by atoms with Crippen LogP contribution in [0.15, 0.2) is 35.0 Å². The molecule has 5 nitrogen and oxygen atoms in total. The molecule has 0 spiro atoms. The van der Waals surface area contributed by atoms with E-state index >= 15 is 0 Å². The molecular weight excluding hydrogens is 285 g/mol. The summed E-state index contributed by atoms with van der Waals surface area (Å²) < 4.78 is 26.0. The fourth-order valence-corrected chi connectivity index (χ4v) is 2.08. The van der Waals surface area contributed by atoms with Crippen LogP contribution in [0.25, 0.3) is 11.3 Å². The lowest BCUT2D eigenvalue weighted by molar-refractivity contribution is 0.248. The van der Waals surface area contributed by atoms with Gasteiger partial charge in [0.25, 0.3) is 0 Å². The van der Waals surface area contributed by atoms with Crippen LogP contribution in [0.1, 0.15) is 17.0 Å². The molecule has 0 saturated carbocycles. The van der Waals surface area contributed by atoms with Crippen molar-refractivity contribution in [3.8, 4) is 17.0 Å². The largest absolute Gasteiger partial charge is 0.485 e. The molecule has 2 heterocycles. The maximum atomic E-state index is 13.5. The number of hydrogen-bond donors (Lipinski definition) is 0. The van der Waals surface area contributed by atoms with Crippen LogP contribution >= 0.6 is 0 Å². The van der Waals surface area contributed by atoms with Crippen molar-refractivity contribution in [2.45, 2.75) is 20.5 Å². The maximum absolute atomic E-state index is 13.5. The summed E-state index contributed by atoms with van der Waals surface area (Å²) in [6, 6.07) is 6.56. The number of benzene rings is 1. The van der Waals surface area contributed by atoms with Crippen LogP contribution in [0.3, 0.4) is 0 Å². The second-order valence-corrected chi connectivity index (χ2v) is 5.15. The number of aryl methyl sites for hydroxylation is 2. The average molecular weight is 301 g/mol. The Morgan fingerprint density at radius 1 is 1.27 bits per heavy atom. The SMILES string of the molecule is Cc1ccc(OCc2cc(-c3cnn(C)c3C)no2)cc1F. The molecular formula is C16H16FN3O2. The lowest BCUT2D eigenvalue weighted by Gasteiger charge is -2.04. The first kappa shape index (κ1) is 14.3. The van der Waals surface area contributed by atoms with Gasteiger partial charge in [-0.05, 0) is 25.5 Å². The minimum Gasteiger partial charge on any atom is -0.485 e. The molecule has 114 valence electrons. The van der Waals surface area contributed by atoms with E-state index in [9.17, 15) is 4.39 Å². The van der Waals surface area contributed by atoms with Gasteiger partial charge in [0.15, 0.2) is 5.76 Å². The first-order valence-corrected chi connectivity index (χ1v) is 6.88.